The smallest absolute Gasteiger partial charge is 0.505 e. The van der Waals surface area contributed by atoms with Crippen LogP contribution in [0.25, 0.3) is 11.1 Å². The van der Waals surface area contributed by atoms with Crippen LogP contribution in [-0.4, -0.2) is 33.1 Å². The summed E-state index contributed by atoms with van der Waals surface area (Å²) in [5, 5.41) is 24.0. The van der Waals surface area contributed by atoms with Gasteiger partial charge >= 0.3 is 18.4 Å². The highest BCUT2D eigenvalue weighted by molar-refractivity contribution is 5.91. The molecule has 0 aliphatic carbocycles. The molecule has 0 fully saturated rings. The maximum absolute atomic E-state index is 12.6. The predicted octanol–water partition coefficient (Wildman–Crippen LogP) is 4.30. The minimum absolute atomic E-state index is 0.348. The minimum atomic E-state index is -4.87. The van der Waals surface area contributed by atoms with E-state index in [1.54, 1.807) is 31.2 Å². The lowest BCUT2D eigenvalue weighted by molar-refractivity contribution is -0.274. The van der Waals surface area contributed by atoms with E-state index in [-0.39, 0.29) is 0 Å². The van der Waals surface area contributed by atoms with Gasteiger partial charge in [-0.25, -0.2) is 4.79 Å². The Labute approximate surface area is 202 Å². The van der Waals surface area contributed by atoms with Gasteiger partial charge in [0.05, 0.1) is 12.5 Å². The molecule has 0 aliphatic rings. The molecule has 0 bridgehead atoms. The van der Waals surface area contributed by atoms with E-state index >= 15 is 0 Å². The summed E-state index contributed by atoms with van der Waals surface area (Å²) in [7, 11) is 1.42. The van der Waals surface area contributed by atoms with Gasteiger partial charge in [-0.15, -0.1) is 13.2 Å². The van der Waals surface area contributed by atoms with Crippen LogP contribution in [0.5, 0.6) is 11.5 Å². The molecule has 1 heterocycles. The summed E-state index contributed by atoms with van der Waals surface area (Å²) in [6, 6.07) is 9.23. The van der Waals surface area contributed by atoms with Crippen LogP contribution in [0.15, 0.2) is 59.5 Å². The zero-order chi connectivity index (χ0) is 26.6. The summed E-state index contributed by atoms with van der Waals surface area (Å²) >= 11 is 0. The Bertz CT molecular complexity index is 1350. The average Bonchev–Trinajstić information content (AvgIpc) is 2.78. The Kier molecular flexibility index (Phi) is 7.56. The lowest BCUT2D eigenvalue weighted by Crippen LogP contribution is -2.36. The number of anilines is 1. The lowest BCUT2D eigenvalue weighted by atomic mass is 9.94. The predicted molar refractivity (Wildman–Crippen MR) is 124 cm³/mol. The van der Waals surface area contributed by atoms with Gasteiger partial charge in [-0.05, 0) is 53.4 Å². The van der Waals surface area contributed by atoms with Crippen molar-refractivity contribution in [3.8, 4) is 22.6 Å². The van der Waals surface area contributed by atoms with Crippen LogP contribution in [0.2, 0.25) is 0 Å². The number of aliphatic carboxylic acids is 1. The van der Waals surface area contributed by atoms with Crippen LogP contribution >= 0.6 is 0 Å². The van der Waals surface area contributed by atoms with Crippen molar-refractivity contribution >= 4 is 17.7 Å². The Morgan fingerprint density at radius 3 is 2.53 bits per heavy atom. The van der Waals surface area contributed by atoms with Gasteiger partial charge in [0.15, 0.2) is 5.69 Å². The first kappa shape index (κ1) is 26.1. The van der Waals surface area contributed by atoms with Gasteiger partial charge in [0, 0.05) is 13.2 Å². The quantitative estimate of drug-likeness (QED) is 0.379. The first-order valence-corrected chi connectivity index (χ1v) is 10.5. The van der Waals surface area contributed by atoms with Gasteiger partial charge in [-0.3, -0.25) is 9.59 Å². The lowest BCUT2D eigenvalue weighted by Gasteiger charge is -2.20. The molecular formula is C24H22F3N3O6. The minimum Gasteiger partial charge on any atom is -0.505 e. The van der Waals surface area contributed by atoms with Crippen LogP contribution < -0.4 is 20.9 Å². The Morgan fingerprint density at radius 1 is 1.14 bits per heavy atom. The molecule has 1 atom stereocenters. The van der Waals surface area contributed by atoms with Crippen molar-refractivity contribution in [2.24, 2.45) is 7.05 Å². The summed E-state index contributed by atoms with van der Waals surface area (Å²) in [4.78, 5) is 36.3. The first-order chi connectivity index (χ1) is 16.8. The number of halogens is 3. The molecule has 36 heavy (non-hydrogen) atoms. The molecule has 190 valence electrons. The van der Waals surface area contributed by atoms with E-state index in [1.165, 1.54) is 31.4 Å². The molecule has 4 N–H and O–H groups in total. The van der Waals surface area contributed by atoms with Crippen molar-refractivity contribution in [1.82, 2.24) is 9.88 Å². The van der Waals surface area contributed by atoms with Crippen molar-refractivity contribution in [2.75, 3.05) is 5.32 Å². The van der Waals surface area contributed by atoms with Crippen LogP contribution in [0.3, 0.4) is 0 Å². The molecule has 1 aromatic heterocycles. The molecule has 2 amide bonds. The maximum atomic E-state index is 12.6. The largest absolute Gasteiger partial charge is 0.573 e. The van der Waals surface area contributed by atoms with Crippen LogP contribution in [-0.2, 0) is 11.8 Å². The normalized spacial score (nSPS) is 12.0. The molecule has 0 spiro atoms. The van der Waals surface area contributed by atoms with Crippen LogP contribution in [0.4, 0.5) is 23.7 Å². The third-order valence-electron chi connectivity index (χ3n) is 5.21. The number of benzene rings is 2. The maximum Gasteiger partial charge on any atom is 0.573 e. The van der Waals surface area contributed by atoms with Crippen LogP contribution in [0.1, 0.15) is 23.6 Å². The summed E-state index contributed by atoms with van der Waals surface area (Å²) < 4.78 is 43.0. The van der Waals surface area contributed by atoms with Gasteiger partial charge in [-0.2, -0.15) is 0 Å². The standard InChI is InChI=1S/C24H22F3N3O6/c1-13-6-7-15(11-17(13)14-4-3-5-16(10-14)36-24(25,26)27)18(12-20(32)33)28-23(35)29-21-19(31)8-9-30(2)22(21)34/h3-11,18,31H,12H2,1-2H3,(H,32,33)(H2,28,29,35)/t18-/m0/s1. The van der Waals surface area contributed by atoms with Gasteiger partial charge in [0.2, 0.25) is 0 Å². The number of aromatic hydroxyl groups is 1. The van der Waals surface area contributed by atoms with Gasteiger partial charge in [0.25, 0.3) is 5.56 Å². The fourth-order valence-electron chi connectivity index (χ4n) is 3.50. The number of hydrogen-bond acceptors (Lipinski definition) is 5. The number of aromatic nitrogens is 1. The number of ether oxygens (including phenoxy) is 1. The topological polar surface area (TPSA) is 130 Å². The van der Waals surface area contributed by atoms with Gasteiger partial charge in [0.1, 0.15) is 11.5 Å². The highest BCUT2D eigenvalue weighted by Gasteiger charge is 2.31. The van der Waals surface area contributed by atoms with Crippen molar-refractivity contribution in [2.45, 2.75) is 25.7 Å². The van der Waals surface area contributed by atoms with Gasteiger partial charge in [-0.1, -0.05) is 24.3 Å². The summed E-state index contributed by atoms with van der Waals surface area (Å²) in [5.41, 5.74) is 0.829. The third kappa shape index (κ3) is 6.56. The number of pyridine rings is 1. The highest BCUT2D eigenvalue weighted by Crippen LogP contribution is 2.32. The van der Waals surface area contributed by atoms with Crippen molar-refractivity contribution in [1.29, 1.82) is 0 Å². The number of carbonyl (C=O) groups excluding carboxylic acids is 1. The second-order valence-corrected chi connectivity index (χ2v) is 7.89. The first-order valence-electron chi connectivity index (χ1n) is 10.5. The SMILES string of the molecule is Cc1ccc([C@H](CC(=O)O)NC(=O)Nc2c(O)ccn(C)c2=O)cc1-c1cccc(OC(F)(F)F)c1. The van der Waals surface area contributed by atoms with Gasteiger partial charge < -0.3 is 30.2 Å². The van der Waals surface area contributed by atoms with E-state index in [9.17, 15) is 37.8 Å². The molecule has 12 heteroatoms. The van der Waals surface area contributed by atoms with E-state index in [0.29, 0.717) is 22.3 Å². The molecule has 0 unspecified atom stereocenters. The Morgan fingerprint density at radius 2 is 1.86 bits per heavy atom. The average molecular weight is 505 g/mol. The zero-order valence-electron chi connectivity index (χ0n) is 19.1. The second kappa shape index (κ2) is 10.4. The molecule has 0 saturated carbocycles. The van der Waals surface area contributed by atoms with Crippen molar-refractivity contribution in [3.05, 3.63) is 76.2 Å². The summed E-state index contributed by atoms with van der Waals surface area (Å²) in [6.07, 6.45) is -4.10. The number of carboxylic acid groups (broad SMARTS) is 1. The number of urea groups is 1. The van der Waals surface area contributed by atoms with Crippen molar-refractivity contribution < 1.29 is 37.7 Å². The number of nitrogens with one attached hydrogen (secondary N) is 2. The number of nitrogens with zero attached hydrogens (tertiary/aromatic N) is 1. The molecule has 0 saturated heterocycles. The number of amides is 2. The number of rotatable bonds is 7. The van der Waals surface area contributed by atoms with E-state index in [4.69, 9.17) is 0 Å². The number of aryl methyl sites for hydroxylation is 2. The number of carboxylic acids is 1. The van der Waals surface area contributed by atoms with Crippen molar-refractivity contribution in [3.63, 3.8) is 0 Å². The Balaban J connectivity index is 1.92. The summed E-state index contributed by atoms with van der Waals surface area (Å²) in [6.45, 7) is 1.72. The molecule has 2 aromatic carbocycles. The molecule has 9 nitrogen and oxygen atoms in total. The number of hydrogen-bond donors (Lipinski definition) is 4. The molecule has 0 radical (unpaired) electrons. The molecular weight excluding hydrogens is 483 g/mol. The fourth-order valence-corrected chi connectivity index (χ4v) is 3.50. The second-order valence-electron chi connectivity index (χ2n) is 7.89. The molecule has 0 aliphatic heterocycles. The molecule has 3 rings (SSSR count). The van der Waals surface area contributed by atoms with E-state index in [0.717, 1.165) is 10.6 Å². The van der Waals surface area contributed by atoms with E-state index < -0.39 is 53.6 Å². The van der Waals surface area contributed by atoms with Crippen LogP contribution in [0, 0.1) is 6.92 Å². The zero-order valence-corrected chi connectivity index (χ0v) is 19.1. The highest BCUT2D eigenvalue weighted by atomic mass is 19.4. The number of alkyl halides is 3. The number of carbonyl (C=O) groups is 2. The van der Waals surface area contributed by atoms with E-state index in [1.807, 2.05) is 0 Å². The van der Waals surface area contributed by atoms with E-state index in [2.05, 4.69) is 15.4 Å². The Hall–Kier alpha value is -4.48. The monoisotopic (exact) mass is 505 g/mol. The fraction of sp³-hybridized carbons (Fsp3) is 0.208. The summed E-state index contributed by atoms with van der Waals surface area (Å²) in [5.74, 6) is -2.13. The third-order valence-corrected chi connectivity index (χ3v) is 5.21. The molecule has 3 aromatic rings.